The average Bonchev–Trinajstić information content (AvgIpc) is 3.78. The lowest BCUT2D eigenvalue weighted by Crippen LogP contribution is -2.41. The van der Waals surface area contributed by atoms with Crippen molar-refractivity contribution in [1.82, 2.24) is 41.5 Å². The Morgan fingerprint density at radius 1 is 1.20 bits per heavy atom. The lowest BCUT2D eigenvalue weighted by Gasteiger charge is -2.34. The van der Waals surface area contributed by atoms with Crippen LogP contribution < -0.4 is 16.0 Å². The molecule has 2 amide bonds. The van der Waals surface area contributed by atoms with Crippen molar-refractivity contribution in [3.63, 3.8) is 0 Å². The third kappa shape index (κ3) is 4.91. The minimum atomic E-state index is -0.835. The molecule has 13 heteroatoms. The van der Waals surface area contributed by atoms with Gasteiger partial charge in [-0.25, -0.2) is 0 Å². The van der Waals surface area contributed by atoms with Crippen molar-refractivity contribution in [2.45, 2.75) is 56.5 Å². The first-order valence-corrected chi connectivity index (χ1v) is 15.0. The van der Waals surface area contributed by atoms with Crippen molar-refractivity contribution in [2.75, 3.05) is 27.2 Å². The molecule has 0 spiro atoms. The number of nitrogens with one attached hydrogen (secondary N) is 4. The van der Waals surface area contributed by atoms with Crippen LogP contribution in [0.1, 0.15) is 72.2 Å². The van der Waals surface area contributed by atoms with Gasteiger partial charge in [-0.2, -0.15) is 10.5 Å². The van der Waals surface area contributed by atoms with E-state index in [0.717, 1.165) is 58.8 Å². The summed E-state index contributed by atoms with van der Waals surface area (Å²) in [6, 6.07) is 6.14. The molecule has 0 bridgehead atoms. The second-order valence-electron chi connectivity index (χ2n) is 10.3. The van der Waals surface area contributed by atoms with E-state index in [4.69, 9.17) is 0 Å². The maximum absolute atomic E-state index is 12.7. The zero-order valence-electron chi connectivity index (χ0n) is 22.8. The van der Waals surface area contributed by atoms with Crippen molar-refractivity contribution in [2.24, 2.45) is 0 Å². The molecule has 40 heavy (non-hydrogen) atoms. The maximum Gasteiger partial charge on any atom is 0.261 e. The number of fused-ring (bicyclic) bond motifs is 2. The number of aryl methyl sites for hydroxylation is 2. The highest BCUT2D eigenvalue weighted by Gasteiger charge is 2.48. The Hall–Kier alpha value is -3.60. The Bertz CT molecular complexity index is 1390. The molecule has 3 aromatic heterocycles. The predicted molar refractivity (Wildman–Crippen MR) is 153 cm³/mol. The number of likely N-dealkylation sites (tertiary alicyclic amines) is 1. The number of nitriles is 1. The number of thiophene rings is 2. The SMILES string of the molecule is C=C(CN[C@@H](C)CC1(c2nn[nH]n2)c2sc(C(=O)NC)cc2CCc2cc(C(=O)NC)sc21)N1CCCC1C#N. The van der Waals surface area contributed by atoms with Gasteiger partial charge in [0.1, 0.15) is 11.5 Å². The van der Waals surface area contributed by atoms with E-state index in [1.165, 1.54) is 22.7 Å². The number of tetrazole rings is 1. The molecular formula is C27H33N9O2S2. The van der Waals surface area contributed by atoms with Crippen LogP contribution in [0, 0.1) is 11.3 Å². The molecule has 11 nitrogen and oxygen atoms in total. The van der Waals surface area contributed by atoms with E-state index in [1.807, 2.05) is 12.1 Å². The average molecular weight is 580 g/mol. The summed E-state index contributed by atoms with van der Waals surface area (Å²) in [5.74, 6) is 0.222. The number of H-pyrrole nitrogens is 1. The van der Waals surface area contributed by atoms with Gasteiger partial charge in [-0.3, -0.25) is 9.59 Å². The van der Waals surface area contributed by atoms with Gasteiger partial charge < -0.3 is 20.9 Å². The molecular weight excluding hydrogens is 546 g/mol. The van der Waals surface area contributed by atoms with Crippen LogP contribution in [0.5, 0.6) is 0 Å². The van der Waals surface area contributed by atoms with Crippen molar-refractivity contribution >= 4 is 34.5 Å². The number of aromatic nitrogens is 4. The van der Waals surface area contributed by atoms with Crippen LogP contribution in [0.3, 0.4) is 0 Å². The lowest BCUT2D eigenvalue weighted by atomic mass is 9.76. The van der Waals surface area contributed by atoms with Crippen molar-refractivity contribution in [3.05, 3.63) is 60.9 Å². The van der Waals surface area contributed by atoms with E-state index < -0.39 is 5.41 Å². The van der Waals surface area contributed by atoms with E-state index in [0.29, 0.717) is 28.5 Å². The molecule has 1 aliphatic carbocycles. The molecule has 1 saturated heterocycles. The number of carbonyl (C=O) groups excluding carboxylic acids is 2. The van der Waals surface area contributed by atoms with Gasteiger partial charge in [-0.1, -0.05) is 11.8 Å². The third-order valence-corrected chi connectivity index (χ3v) is 10.4. The fraction of sp³-hybridized carbons (Fsp3) is 0.481. The first-order chi connectivity index (χ1) is 19.3. The van der Waals surface area contributed by atoms with E-state index in [2.05, 4.69) is 61.0 Å². The predicted octanol–water partition coefficient (Wildman–Crippen LogP) is 2.34. The normalized spacial score (nSPS) is 18.2. The highest BCUT2D eigenvalue weighted by Crippen LogP contribution is 2.52. The van der Waals surface area contributed by atoms with Gasteiger partial charge in [-0.05, 0) is 62.3 Å². The zero-order chi connectivity index (χ0) is 28.4. The first kappa shape index (κ1) is 27.9. The van der Waals surface area contributed by atoms with E-state index in [1.54, 1.807) is 14.1 Å². The Labute approximate surface area is 241 Å². The van der Waals surface area contributed by atoms with Crippen molar-refractivity contribution in [3.8, 4) is 6.07 Å². The van der Waals surface area contributed by atoms with E-state index in [9.17, 15) is 14.9 Å². The summed E-state index contributed by atoms with van der Waals surface area (Å²) in [6.45, 7) is 7.73. The van der Waals surface area contributed by atoms with Crippen molar-refractivity contribution < 1.29 is 9.59 Å². The van der Waals surface area contributed by atoms with Gasteiger partial charge in [0.05, 0.1) is 15.8 Å². The summed E-state index contributed by atoms with van der Waals surface area (Å²) < 4.78 is 0. The topological polar surface area (TPSA) is 152 Å². The van der Waals surface area contributed by atoms with Gasteiger partial charge >= 0.3 is 0 Å². The van der Waals surface area contributed by atoms with Gasteiger partial charge in [0.15, 0.2) is 5.82 Å². The molecule has 2 atom stereocenters. The van der Waals surface area contributed by atoms with Crippen LogP contribution in [0.25, 0.3) is 0 Å². The van der Waals surface area contributed by atoms with Crippen LogP contribution in [-0.4, -0.2) is 76.6 Å². The van der Waals surface area contributed by atoms with Gasteiger partial charge in [-0.15, -0.1) is 32.9 Å². The number of hydrogen-bond acceptors (Lipinski definition) is 10. The minimum Gasteiger partial charge on any atom is -0.358 e. The largest absolute Gasteiger partial charge is 0.358 e. The van der Waals surface area contributed by atoms with E-state index >= 15 is 0 Å². The number of nitrogens with zero attached hydrogens (tertiary/aromatic N) is 5. The summed E-state index contributed by atoms with van der Waals surface area (Å²) >= 11 is 2.89. The number of hydrogen-bond donors (Lipinski definition) is 4. The monoisotopic (exact) mass is 579 g/mol. The first-order valence-electron chi connectivity index (χ1n) is 13.3. The van der Waals surface area contributed by atoms with Crippen LogP contribution in [0.2, 0.25) is 0 Å². The summed E-state index contributed by atoms with van der Waals surface area (Å²) in [5, 5.41) is 34.2. The molecule has 0 saturated carbocycles. The number of carbonyl (C=O) groups is 2. The molecule has 1 aliphatic heterocycles. The summed E-state index contributed by atoms with van der Waals surface area (Å²) in [5.41, 5.74) is 2.20. The Morgan fingerprint density at radius 2 is 1.82 bits per heavy atom. The van der Waals surface area contributed by atoms with Gasteiger partial charge in [0.2, 0.25) is 0 Å². The van der Waals surface area contributed by atoms with E-state index in [-0.39, 0.29) is 23.9 Å². The molecule has 0 radical (unpaired) electrons. The molecule has 0 aromatic carbocycles. The van der Waals surface area contributed by atoms with Gasteiger partial charge in [0.25, 0.3) is 11.8 Å². The summed E-state index contributed by atoms with van der Waals surface area (Å²) in [7, 11) is 3.26. The number of rotatable bonds is 9. The standard InChI is InChI=1S/C27H33N9O2S2/c1-15(31-14-16(2)36-9-5-6-19(36)13-28)12-27(26-32-34-35-33-26)22-17(10-20(39-22)24(37)29-3)7-8-18-11-21(25(38)30-4)40-23(18)27/h10-11,15,19,31H,2,5-9,12,14H2,1,3-4H3,(H,29,37)(H,30,38)(H,32,33,34,35)/t15-,19?/m0/s1. The molecule has 1 unspecified atom stereocenters. The molecule has 1 fully saturated rings. The molecule has 210 valence electrons. The highest BCUT2D eigenvalue weighted by molar-refractivity contribution is 7.16. The number of amides is 2. The van der Waals surface area contributed by atoms with Crippen LogP contribution in [0.4, 0.5) is 0 Å². The van der Waals surface area contributed by atoms with Crippen LogP contribution in [-0.2, 0) is 18.3 Å². The molecule has 2 aliphatic rings. The minimum absolute atomic E-state index is 0.0479. The summed E-state index contributed by atoms with van der Waals surface area (Å²) in [4.78, 5) is 30.8. The second kappa shape index (κ2) is 11.5. The third-order valence-electron chi connectivity index (χ3n) is 7.76. The zero-order valence-corrected chi connectivity index (χ0v) is 24.5. The maximum atomic E-state index is 12.7. The Kier molecular flexibility index (Phi) is 8.02. The number of aromatic amines is 1. The second-order valence-corrected chi connectivity index (χ2v) is 12.4. The molecule has 5 rings (SSSR count). The molecule has 4 heterocycles. The quantitative estimate of drug-likeness (QED) is 0.302. The van der Waals surface area contributed by atoms with Crippen LogP contribution >= 0.6 is 22.7 Å². The molecule has 4 N–H and O–H groups in total. The Balaban J connectivity index is 1.57. The van der Waals surface area contributed by atoms with Gasteiger partial charge in [0, 0.05) is 48.7 Å². The lowest BCUT2D eigenvalue weighted by molar-refractivity contribution is 0.0959. The highest BCUT2D eigenvalue weighted by atomic mass is 32.1. The fourth-order valence-electron chi connectivity index (χ4n) is 5.82. The summed E-state index contributed by atoms with van der Waals surface area (Å²) in [6.07, 6.45) is 3.85. The molecule has 3 aromatic rings. The van der Waals surface area contributed by atoms with Crippen LogP contribution in [0.15, 0.2) is 24.4 Å². The fourth-order valence-corrected chi connectivity index (χ4v) is 8.60. The Morgan fingerprint density at radius 3 is 2.35 bits per heavy atom. The smallest absolute Gasteiger partial charge is 0.261 e. The van der Waals surface area contributed by atoms with Crippen molar-refractivity contribution in [1.29, 1.82) is 5.26 Å².